The minimum absolute atomic E-state index is 0.543. The molecule has 1 aliphatic heterocycles. The van der Waals surface area contributed by atoms with Crippen LogP contribution in [0.15, 0.2) is 115 Å². The van der Waals surface area contributed by atoms with Gasteiger partial charge in [0.25, 0.3) is 0 Å². The number of ether oxygens (including phenoxy) is 1. The number of para-hydroxylation sites is 4. The number of rotatable bonds is 2. The molecule has 0 amide bonds. The Hall–Kier alpha value is -2.47. The summed E-state index contributed by atoms with van der Waals surface area (Å²) in [5, 5.41) is 3.59. The van der Waals surface area contributed by atoms with Crippen molar-refractivity contribution in [2.45, 2.75) is 29.6 Å². The van der Waals surface area contributed by atoms with Crippen molar-refractivity contribution in [3.63, 3.8) is 0 Å². The molecule has 0 saturated heterocycles. The summed E-state index contributed by atoms with van der Waals surface area (Å²) in [6.45, 7) is 0. The van der Waals surface area contributed by atoms with Gasteiger partial charge in [-0.15, -0.1) is 9.24 Å². The quantitative estimate of drug-likeness (QED) is 0.128. The molecule has 2 radical (unpaired) electrons. The predicted octanol–water partition coefficient (Wildman–Crippen LogP) is 10.6. The molecule has 1 atom stereocenters. The normalized spacial score (nSPS) is 11.8. The third-order valence-corrected chi connectivity index (χ3v) is 6.87. The summed E-state index contributed by atoms with van der Waals surface area (Å²) in [5.41, 5.74) is 6.64. The molecule has 0 N–H and O–H groups in total. The van der Waals surface area contributed by atoms with E-state index in [1.54, 1.807) is 0 Å². The van der Waals surface area contributed by atoms with Crippen molar-refractivity contribution in [1.29, 1.82) is 0 Å². The second-order valence-electron chi connectivity index (χ2n) is 11.5. The molecule has 1 unspecified atom stereocenters. The van der Waals surface area contributed by atoms with Crippen molar-refractivity contribution in [1.82, 2.24) is 4.57 Å². The Morgan fingerprint density at radius 3 is 1.81 bits per heavy atom. The van der Waals surface area contributed by atoms with Crippen LogP contribution in [0.2, 0.25) is 29.6 Å². The predicted molar refractivity (Wildman–Crippen MR) is 192 cm³/mol. The fourth-order valence-corrected chi connectivity index (χ4v) is 5.17. The number of hydrogen-bond acceptors (Lipinski definition) is 2. The molecule has 42 heavy (non-hydrogen) atoms. The molecular weight excluding hydrogens is 745 g/mol. The first-order valence-electron chi connectivity index (χ1n) is 14.3. The van der Waals surface area contributed by atoms with Crippen molar-refractivity contribution in [2.75, 3.05) is 4.90 Å². The molecule has 6 heteroatoms. The summed E-state index contributed by atoms with van der Waals surface area (Å²) in [4.78, 5) is 16.5. The fraction of sp³-hybridized carbons (Fsp3) is 0.167. The van der Waals surface area contributed by atoms with Gasteiger partial charge in [0.15, 0.2) is 11.5 Å². The molecule has 212 valence electrons. The number of aromatic nitrogens is 1. The van der Waals surface area contributed by atoms with Crippen LogP contribution in [0.5, 0.6) is 11.5 Å². The number of anilines is 3. The molecule has 7 rings (SSSR count). The average Bonchev–Trinajstić information content (AvgIpc) is 3.28. The van der Waals surface area contributed by atoms with Gasteiger partial charge in [0.05, 0.1) is 22.4 Å². The topological polar surface area (TPSA) is 17.4 Å². The van der Waals surface area contributed by atoms with Crippen molar-refractivity contribution in [2.24, 2.45) is 0 Å². The number of hydrogen-bond donors (Lipinski definition) is 0. The van der Waals surface area contributed by atoms with Crippen LogP contribution in [0.3, 0.4) is 0 Å². The van der Waals surface area contributed by atoms with Gasteiger partial charge in [0.2, 0.25) is 0 Å². The summed E-state index contributed by atoms with van der Waals surface area (Å²) >= 11 is -1.09. The van der Waals surface area contributed by atoms with Crippen LogP contribution in [0, 0.1) is 0 Å². The zero-order valence-corrected chi connectivity index (χ0v) is 32.2. The third kappa shape index (κ3) is 6.85. The Morgan fingerprint density at radius 2 is 1.12 bits per heavy atom. The van der Waals surface area contributed by atoms with Crippen LogP contribution < -0.4 is 14.9 Å². The molecule has 5 aromatic carbocycles. The molecule has 6 aromatic rings. The van der Waals surface area contributed by atoms with E-state index in [-0.39, 0.29) is 0 Å². The van der Waals surface area contributed by atoms with E-state index >= 15 is 0 Å². The molecular formula is C36H39N2OPSn2. The van der Waals surface area contributed by atoms with Gasteiger partial charge in [-0.05, 0) is 53.8 Å². The third-order valence-electron chi connectivity index (χ3n) is 6.49. The van der Waals surface area contributed by atoms with Crippen LogP contribution in [0.1, 0.15) is 0 Å². The van der Waals surface area contributed by atoms with Crippen molar-refractivity contribution < 1.29 is 4.74 Å². The summed E-state index contributed by atoms with van der Waals surface area (Å²) in [6.07, 6.45) is 0. The first-order valence-corrected chi connectivity index (χ1v) is 32.0. The summed E-state index contributed by atoms with van der Waals surface area (Å²) in [5.74, 6) is 1.70. The molecule has 1 aromatic heterocycles. The van der Waals surface area contributed by atoms with E-state index in [1.165, 1.54) is 16.3 Å². The van der Waals surface area contributed by atoms with Crippen molar-refractivity contribution >= 4 is 92.9 Å². The Balaban J connectivity index is 0.000000395. The number of fused-ring (bicyclic) bond motifs is 5. The maximum atomic E-state index is 6.49. The van der Waals surface area contributed by atoms with E-state index in [4.69, 9.17) is 4.74 Å². The molecule has 0 fully saturated rings. The van der Waals surface area contributed by atoms with E-state index in [1.807, 2.05) is 12.1 Å². The summed E-state index contributed by atoms with van der Waals surface area (Å²) in [6, 6.07) is 40.4. The summed E-state index contributed by atoms with van der Waals surface area (Å²) < 4.78 is 8.81. The minimum atomic E-state index is -0.543. The van der Waals surface area contributed by atoms with E-state index in [9.17, 15) is 0 Å². The van der Waals surface area contributed by atoms with Gasteiger partial charge >= 0.3 is 69.2 Å². The van der Waals surface area contributed by atoms with E-state index in [0.29, 0.717) is 0 Å². The maximum absolute atomic E-state index is 6.49. The molecule has 3 nitrogen and oxygen atoms in total. The SMILES string of the molecule is Pc1ccc(N2c3ccccc3Oc3cc4c(cc32)c2ccccc2n4-c2ccccc2)cc1.[CH3][Sn]([CH3])[CH3].[CH3][Sn]([CH3])[CH3]. The standard InChI is InChI=1S/C30H21N2OP.6CH3.2Sn/c34-22-16-14-21(15-17-22)32-26-12-6-7-13-29(26)33-30-19-27-24(18-28(30)32)23-10-4-5-11-25(23)31(27)20-8-2-1-3-9-20;;;;;;;;/h1-19H,34H2;6*1H3;;. The first-order chi connectivity index (χ1) is 20.2. The zero-order valence-electron chi connectivity index (χ0n) is 25.3. The van der Waals surface area contributed by atoms with Crippen LogP contribution in [-0.2, 0) is 0 Å². The Bertz CT molecular complexity index is 1790. The van der Waals surface area contributed by atoms with Gasteiger partial charge in [0, 0.05) is 28.2 Å². The molecule has 1 aliphatic rings. The second-order valence-corrected chi connectivity index (χ2v) is 29.3. The van der Waals surface area contributed by atoms with Crippen LogP contribution in [0.4, 0.5) is 17.1 Å². The molecule has 0 spiro atoms. The molecule has 2 heterocycles. The summed E-state index contributed by atoms with van der Waals surface area (Å²) in [7, 11) is 2.76. The Labute approximate surface area is 267 Å². The zero-order chi connectivity index (χ0) is 29.8. The van der Waals surface area contributed by atoms with Crippen LogP contribution >= 0.6 is 9.24 Å². The van der Waals surface area contributed by atoms with Gasteiger partial charge in [0.1, 0.15) is 0 Å². The Morgan fingerprint density at radius 1 is 0.524 bits per heavy atom. The van der Waals surface area contributed by atoms with E-state index in [2.05, 4.69) is 151 Å². The Kier molecular flexibility index (Phi) is 10.2. The van der Waals surface area contributed by atoms with Gasteiger partial charge in [-0.2, -0.15) is 0 Å². The fourth-order valence-electron chi connectivity index (χ4n) is 4.97. The number of nitrogens with zero attached hydrogens (tertiary/aromatic N) is 2. The van der Waals surface area contributed by atoms with Crippen LogP contribution in [0.25, 0.3) is 27.5 Å². The van der Waals surface area contributed by atoms with Gasteiger partial charge in [-0.25, -0.2) is 0 Å². The van der Waals surface area contributed by atoms with Crippen molar-refractivity contribution in [3.8, 4) is 17.2 Å². The van der Waals surface area contributed by atoms with Gasteiger partial charge in [-0.1, -0.05) is 60.7 Å². The van der Waals surface area contributed by atoms with Gasteiger partial charge in [-0.3, -0.25) is 0 Å². The van der Waals surface area contributed by atoms with Gasteiger partial charge < -0.3 is 14.2 Å². The number of benzene rings is 5. The molecule has 0 aliphatic carbocycles. The first kappa shape index (κ1) is 31.0. The second kappa shape index (κ2) is 13.9. The van der Waals surface area contributed by atoms with Crippen molar-refractivity contribution in [3.05, 3.63) is 115 Å². The molecule has 0 bridgehead atoms. The van der Waals surface area contributed by atoms with E-state index in [0.717, 1.165) is 45.1 Å². The monoisotopic (exact) mass is 786 g/mol. The van der Waals surface area contributed by atoms with E-state index < -0.39 is 39.5 Å². The average molecular weight is 784 g/mol. The van der Waals surface area contributed by atoms with Crippen LogP contribution in [-0.4, -0.2) is 44.1 Å². The molecule has 0 saturated carbocycles.